The molecule has 0 atom stereocenters. The van der Waals surface area contributed by atoms with Crippen LogP contribution in [0.5, 0.6) is 0 Å². The quantitative estimate of drug-likeness (QED) is 0.867. The lowest BCUT2D eigenvalue weighted by Crippen LogP contribution is -2.07. The summed E-state index contributed by atoms with van der Waals surface area (Å²) in [7, 11) is 0. The van der Waals surface area contributed by atoms with Crippen LogP contribution in [0.25, 0.3) is 0 Å². The predicted molar refractivity (Wildman–Crippen MR) is 52.9 cm³/mol. The molecule has 0 aliphatic heterocycles. The molecule has 0 saturated heterocycles. The third-order valence-corrected chi connectivity index (χ3v) is 2.44. The highest BCUT2D eigenvalue weighted by atomic mass is 79.9. The largest absolute Gasteiger partial charge is 0.481 e. The molecule has 0 spiro atoms. The first kappa shape index (κ1) is 12.5. The molecule has 0 aliphatic carbocycles. The van der Waals surface area contributed by atoms with E-state index in [1.165, 1.54) is 0 Å². The average Bonchev–Trinajstić information content (AvgIpc) is 2.19. The fourth-order valence-electron chi connectivity index (χ4n) is 1.14. The van der Waals surface area contributed by atoms with E-state index < -0.39 is 24.4 Å². The Bertz CT molecular complexity index is 471. The van der Waals surface area contributed by atoms with E-state index in [-0.39, 0.29) is 15.9 Å². The number of nitriles is 1. The van der Waals surface area contributed by atoms with Crippen LogP contribution in [0.4, 0.5) is 8.78 Å². The van der Waals surface area contributed by atoms with E-state index in [1.54, 1.807) is 6.07 Å². The number of hydrogen-bond acceptors (Lipinski definition) is 3. The number of carbonyl (C=O) groups is 1. The molecule has 84 valence electrons. The van der Waals surface area contributed by atoms with E-state index in [0.29, 0.717) is 0 Å². The smallest absolute Gasteiger partial charge is 0.307 e. The number of alkyl halides is 2. The summed E-state index contributed by atoms with van der Waals surface area (Å²) in [5.74, 6) is -1.24. The predicted octanol–water partition coefficient (Wildman–Crippen LogP) is 2.28. The number of aromatic nitrogens is 1. The number of pyridine rings is 1. The minimum absolute atomic E-state index is 0.0377. The molecule has 0 saturated carbocycles. The molecule has 1 N–H and O–H groups in total. The standard InChI is InChI=1S/C9H5BrF2N2O2/c10-8-5(2-7(15)16)6(9(11)12)1-4(3-13)14-8/h1,9H,2H2,(H,15,16). The van der Waals surface area contributed by atoms with Crippen molar-refractivity contribution in [2.24, 2.45) is 0 Å². The van der Waals surface area contributed by atoms with Gasteiger partial charge in [-0.1, -0.05) is 0 Å². The third kappa shape index (κ3) is 2.73. The van der Waals surface area contributed by atoms with Gasteiger partial charge < -0.3 is 5.11 Å². The van der Waals surface area contributed by atoms with Crippen molar-refractivity contribution >= 4 is 21.9 Å². The van der Waals surface area contributed by atoms with Crippen LogP contribution in [0.3, 0.4) is 0 Å². The van der Waals surface area contributed by atoms with Crippen molar-refractivity contribution in [3.8, 4) is 6.07 Å². The minimum atomic E-state index is -2.85. The van der Waals surface area contributed by atoms with Gasteiger partial charge in [0.1, 0.15) is 16.4 Å². The van der Waals surface area contributed by atoms with Crippen molar-refractivity contribution in [3.63, 3.8) is 0 Å². The van der Waals surface area contributed by atoms with Crippen LogP contribution < -0.4 is 0 Å². The fourth-order valence-corrected chi connectivity index (χ4v) is 1.70. The number of halogens is 3. The van der Waals surface area contributed by atoms with Gasteiger partial charge in [-0.25, -0.2) is 13.8 Å². The van der Waals surface area contributed by atoms with Crippen LogP contribution in [0.15, 0.2) is 10.7 Å². The Hall–Kier alpha value is -1.55. The number of hydrogen-bond donors (Lipinski definition) is 1. The molecule has 1 aromatic heterocycles. The molecule has 0 amide bonds. The van der Waals surface area contributed by atoms with E-state index in [1.807, 2.05) is 0 Å². The summed E-state index contributed by atoms with van der Waals surface area (Å²) in [6.07, 6.45) is -3.42. The first-order valence-corrected chi connectivity index (χ1v) is 4.84. The second-order valence-corrected chi connectivity index (χ2v) is 3.60. The highest BCUT2D eigenvalue weighted by Crippen LogP contribution is 2.28. The normalized spacial score (nSPS) is 10.2. The summed E-state index contributed by atoms with van der Waals surface area (Å²) < 4.78 is 25.2. The Morgan fingerprint density at radius 1 is 1.69 bits per heavy atom. The molecule has 1 rings (SSSR count). The maximum Gasteiger partial charge on any atom is 0.307 e. The summed E-state index contributed by atoms with van der Waals surface area (Å²) >= 11 is 2.88. The molecule has 0 aromatic carbocycles. The lowest BCUT2D eigenvalue weighted by molar-refractivity contribution is -0.136. The molecule has 0 aliphatic rings. The van der Waals surface area contributed by atoms with Gasteiger partial charge in [-0.3, -0.25) is 4.79 Å². The maximum absolute atomic E-state index is 12.6. The minimum Gasteiger partial charge on any atom is -0.481 e. The van der Waals surface area contributed by atoms with E-state index in [0.717, 1.165) is 6.07 Å². The van der Waals surface area contributed by atoms with Crippen molar-refractivity contribution in [2.75, 3.05) is 0 Å². The molecule has 4 nitrogen and oxygen atoms in total. The number of carboxylic acid groups (broad SMARTS) is 1. The lowest BCUT2D eigenvalue weighted by Gasteiger charge is -2.08. The van der Waals surface area contributed by atoms with Gasteiger partial charge in [-0.2, -0.15) is 5.26 Å². The summed E-state index contributed by atoms with van der Waals surface area (Å²) in [4.78, 5) is 14.1. The van der Waals surface area contributed by atoms with E-state index in [9.17, 15) is 13.6 Å². The SMILES string of the molecule is N#Cc1cc(C(F)F)c(CC(=O)O)c(Br)n1. The Balaban J connectivity index is 3.35. The zero-order valence-electron chi connectivity index (χ0n) is 7.75. The van der Waals surface area contributed by atoms with Crippen LogP contribution in [0, 0.1) is 11.3 Å². The van der Waals surface area contributed by atoms with Crippen LogP contribution in [-0.4, -0.2) is 16.1 Å². The Morgan fingerprint density at radius 3 is 2.75 bits per heavy atom. The first-order valence-electron chi connectivity index (χ1n) is 4.05. The zero-order valence-corrected chi connectivity index (χ0v) is 9.33. The van der Waals surface area contributed by atoms with Gasteiger partial charge >= 0.3 is 5.97 Å². The zero-order chi connectivity index (χ0) is 12.3. The average molecular weight is 291 g/mol. The molecular formula is C9H5BrF2N2O2. The topological polar surface area (TPSA) is 74.0 Å². The van der Waals surface area contributed by atoms with Crippen LogP contribution in [-0.2, 0) is 11.2 Å². The van der Waals surface area contributed by atoms with Crippen LogP contribution >= 0.6 is 15.9 Å². The van der Waals surface area contributed by atoms with Crippen molar-refractivity contribution in [1.82, 2.24) is 4.98 Å². The maximum atomic E-state index is 12.6. The second kappa shape index (κ2) is 4.99. The second-order valence-electron chi connectivity index (χ2n) is 2.85. The number of nitrogens with zero attached hydrogens (tertiary/aromatic N) is 2. The van der Waals surface area contributed by atoms with Crippen molar-refractivity contribution in [2.45, 2.75) is 12.8 Å². The highest BCUT2D eigenvalue weighted by Gasteiger charge is 2.20. The lowest BCUT2D eigenvalue weighted by atomic mass is 10.1. The van der Waals surface area contributed by atoms with Gasteiger partial charge in [-0.05, 0) is 22.0 Å². The van der Waals surface area contributed by atoms with Gasteiger partial charge in [-0.15, -0.1) is 0 Å². The Labute approximate surface area is 97.7 Å². The highest BCUT2D eigenvalue weighted by molar-refractivity contribution is 9.10. The van der Waals surface area contributed by atoms with Crippen molar-refractivity contribution < 1.29 is 18.7 Å². The number of rotatable bonds is 3. The molecule has 1 aromatic rings. The fraction of sp³-hybridized carbons (Fsp3) is 0.222. The van der Waals surface area contributed by atoms with Crippen molar-refractivity contribution in [3.05, 3.63) is 27.5 Å². The third-order valence-electron chi connectivity index (χ3n) is 1.79. The summed E-state index contributed by atoms with van der Waals surface area (Å²) in [6, 6.07) is 2.52. The van der Waals surface area contributed by atoms with Gasteiger partial charge in [0.15, 0.2) is 0 Å². The van der Waals surface area contributed by atoms with E-state index in [4.69, 9.17) is 10.4 Å². The van der Waals surface area contributed by atoms with Crippen LogP contribution in [0.1, 0.15) is 23.2 Å². The monoisotopic (exact) mass is 290 g/mol. The van der Waals surface area contributed by atoms with E-state index in [2.05, 4.69) is 20.9 Å². The molecule has 16 heavy (non-hydrogen) atoms. The Morgan fingerprint density at radius 2 is 2.31 bits per heavy atom. The summed E-state index contributed by atoms with van der Waals surface area (Å²) in [6.45, 7) is 0. The summed E-state index contributed by atoms with van der Waals surface area (Å²) in [5.41, 5.74) is -0.779. The van der Waals surface area contributed by atoms with Gasteiger partial charge in [0, 0.05) is 11.1 Å². The van der Waals surface area contributed by atoms with Crippen LogP contribution in [0.2, 0.25) is 0 Å². The van der Waals surface area contributed by atoms with Gasteiger partial charge in [0.05, 0.1) is 6.42 Å². The molecule has 0 fully saturated rings. The Kier molecular flexibility index (Phi) is 3.90. The molecule has 0 radical (unpaired) electrons. The molecule has 0 unspecified atom stereocenters. The van der Waals surface area contributed by atoms with Crippen molar-refractivity contribution in [1.29, 1.82) is 5.26 Å². The van der Waals surface area contributed by atoms with Gasteiger partial charge in [0.2, 0.25) is 0 Å². The number of carboxylic acids is 1. The van der Waals surface area contributed by atoms with Gasteiger partial charge in [0.25, 0.3) is 6.43 Å². The number of aliphatic carboxylic acids is 1. The molecule has 0 bridgehead atoms. The van der Waals surface area contributed by atoms with E-state index >= 15 is 0 Å². The molecule has 1 heterocycles. The summed E-state index contributed by atoms with van der Waals surface area (Å²) in [5, 5.41) is 17.1. The first-order chi connectivity index (χ1) is 7.45. The molecule has 7 heteroatoms. The molecular weight excluding hydrogens is 286 g/mol.